The molecule has 0 aliphatic rings. The minimum absolute atomic E-state index is 0.0131. The maximum absolute atomic E-state index is 12.1. The standard InChI is InChI=1S/C15H9N5O3/c21-15-16-12-4-2-1-3-11(12)14-17-13(18-19(14)15)9-5-7-10(8-6-9)20(22)23/h1-8H,(H,16,21). The molecule has 4 aromatic rings. The zero-order chi connectivity index (χ0) is 16.0. The number of hydrogen-bond acceptors (Lipinski definition) is 5. The van der Waals surface area contributed by atoms with E-state index in [-0.39, 0.29) is 11.4 Å². The number of non-ortho nitro benzene ring substituents is 1. The van der Waals surface area contributed by atoms with Gasteiger partial charge in [0.1, 0.15) is 0 Å². The van der Waals surface area contributed by atoms with Crippen LogP contribution in [0, 0.1) is 10.1 Å². The fourth-order valence-corrected chi connectivity index (χ4v) is 2.44. The van der Waals surface area contributed by atoms with Crippen LogP contribution in [-0.4, -0.2) is 24.5 Å². The van der Waals surface area contributed by atoms with Crippen LogP contribution in [0.15, 0.2) is 53.3 Å². The van der Waals surface area contributed by atoms with Crippen molar-refractivity contribution in [2.75, 3.05) is 0 Å². The molecule has 8 nitrogen and oxygen atoms in total. The Morgan fingerprint density at radius 1 is 1.09 bits per heavy atom. The van der Waals surface area contributed by atoms with Gasteiger partial charge < -0.3 is 4.98 Å². The lowest BCUT2D eigenvalue weighted by atomic mass is 10.2. The Hall–Kier alpha value is -3.55. The summed E-state index contributed by atoms with van der Waals surface area (Å²) in [5, 5.41) is 15.7. The molecule has 0 saturated heterocycles. The van der Waals surface area contributed by atoms with Gasteiger partial charge in [-0.25, -0.2) is 9.78 Å². The molecule has 112 valence electrons. The first-order chi connectivity index (χ1) is 11.1. The molecule has 0 atom stereocenters. The number of nitrogens with zero attached hydrogens (tertiary/aromatic N) is 4. The molecule has 2 heterocycles. The Balaban J connectivity index is 1.95. The van der Waals surface area contributed by atoms with Crippen molar-refractivity contribution >= 4 is 22.2 Å². The summed E-state index contributed by atoms with van der Waals surface area (Å²) >= 11 is 0. The topological polar surface area (TPSA) is 106 Å². The second-order valence-electron chi connectivity index (χ2n) is 4.95. The normalized spacial score (nSPS) is 11.1. The number of hydrogen-bond donors (Lipinski definition) is 1. The fourth-order valence-electron chi connectivity index (χ4n) is 2.44. The molecule has 23 heavy (non-hydrogen) atoms. The van der Waals surface area contributed by atoms with Gasteiger partial charge >= 0.3 is 5.69 Å². The van der Waals surface area contributed by atoms with Gasteiger partial charge in [-0.2, -0.15) is 4.52 Å². The number of aromatic amines is 1. The van der Waals surface area contributed by atoms with Crippen LogP contribution in [0.1, 0.15) is 0 Å². The summed E-state index contributed by atoms with van der Waals surface area (Å²) < 4.78 is 1.19. The molecule has 0 radical (unpaired) electrons. The highest BCUT2D eigenvalue weighted by molar-refractivity contribution is 5.91. The minimum Gasteiger partial charge on any atom is -0.305 e. The second kappa shape index (κ2) is 4.73. The van der Waals surface area contributed by atoms with Gasteiger partial charge in [0.05, 0.1) is 10.4 Å². The predicted molar refractivity (Wildman–Crippen MR) is 83.2 cm³/mol. The van der Waals surface area contributed by atoms with Crippen molar-refractivity contribution in [3.8, 4) is 11.4 Å². The van der Waals surface area contributed by atoms with Crippen LogP contribution in [0.25, 0.3) is 27.9 Å². The number of benzene rings is 2. The first-order valence-corrected chi connectivity index (χ1v) is 6.76. The molecule has 0 aliphatic carbocycles. The summed E-state index contributed by atoms with van der Waals surface area (Å²) in [5.74, 6) is 0.335. The highest BCUT2D eigenvalue weighted by Crippen LogP contribution is 2.22. The lowest BCUT2D eigenvalue weighted by Crippen LogP contribution is -2.17. The smallest absolute Gasteiger partial charge is 0.305 e. The second-order valence-corrected chi connectivity index (χ2v) is 4.95. The molecule has 0 unspecified atom stereocenters. The van der Waals surface area contributed by atoms with E-state index in [0.29, 0.717) is 22.6 Å². The molecule has 0 amide bonds. The van der Waals surface area contributed by atoms with E-state index >= 15 is 0 Å². The lowest BCUT2D eigenvalue weighted by Gasteiger charge is -1.97. The monoisotopic (exact) mass is 307 g/mol. The molecule has 0 aliphatic heterocycles. The van der Waals surface area contributed by atoms with Crippen molar-refractivity contribution in [1.29, 1.82) is 0 Å². The lowest BCUT2D eigenvalue weighted by molar-refractivity contribution is -0.384. The average molecular weight is 307 g/mol. The molecule has 4 rings (SSSR count). The summed E-state index contributed by atoms with van der Waals surface area (Å²) in [6.07, 6.45) is 0. The van der Waals surface area contributed by atoms with E-state index in [2.05, 4.69) is 15.1 Å². The minimum atomic E-state index is -0.473. The van der Waals surface area contributed by atoms with E-state index in [1.54, 1.807) is 18.2 Å². The molecular formula is C15H9N5O3. The third kappa shape index (κ3) is 2.04. The Labute approximate surface area is 128 Å². The van der Waals surface area contributed by atoms with Gasteiger partial charge in [0.15, 0.2) is 11.5 Å². The van der Waals surface area contributed by atoms with Crippen molar-refractivity contribution in [1.82, 2.24) is 19.6 Å². The first kappa shape index (κ1) is 13.1. The molecule has 2 aromatic heterocycles. The van der Waals surface area contributed by atoms with Crippen LogP contribution in [0.3, 0.4) is 0 Å². The zero-order valence-corrected chi connectivity index (χ0v) is 11.6. The van der Waals surface area contributed by atoms with E-state index in [4.69, 9.17) is 0 Å². The maximum atomic E-state index is 12.1. The molecule has 0 bridgehead atoms. The van der Waals surface area contributed by atoms with Crippen LogP contribution in [0.4, 0.5) is 5.69 Å². The maximum Gasteiger partial charge on any atom is 0.348 e. The molecular weight excluding hydrogens is 298 g/mol. The fraction of sp³-hybridized carbons (Fsp3) is 0. The van der Waals surface area contributed by atoms with Crippen LogP contribution >= 0.6 is 0 Å². The van der Waals surface area contributed by atoms with Gasteiger partial charge in [-0.15, -0.1) is 5.10 Å². The number of H-pyrrole nitrogens is 1. The van der Waals surface area contributed by atoms with E-state index in [1.165, 1.54) is 16.6 Å². The van der Waals surface area contributed by atoms with Crippen molar-refractivity contribution in [3.63, 3.8) is 0 Å². The summed E-state index contributed by atoms with van der Waals surface area (Å²) in [6, 6.07) is 13.2. The SMILES string of the molecule is O=c1[nH]c2ccccc2c2nc(-c3ccc([N+](=O)[O-])cc3)nn12. The summed E-state index contributed by atoms with van der Waals surface area (Å²) in [4.78, 5) is 29.5. The molecule has 0 spiro atoms. The van der Waals surface area contributed by atoms with Crippen molar-refractivity contribution in [3.05, 3.63) is 69.1 Å². The Kier molecular flexibility index (Phi) is 2.70. The van der Waals surface area contributed by atoms with E-state index in [0.717, 1.165) is 5.39 Å². The number of aromatic nitrogens is 4. The summed E-state index contributed by atoms with van der Waals surface area (Å²) in [7, 11) is 0. The van der Waals surface area contributed by atoms with Crippen LogP contribution < -0.4 is 5.69 Å². The van der Waals surface area contributed by atoms with Gasteiger partial charge in [-0.05, 0) is 24.3 Å². The number of nitro benzene ring substituents is 1. The Morgan fingerprint density at radius 2 is 1.83 bits per heavy atom. The number of nitrogens with one attached hydrogen (secondary N) is 1. The van der Waals surface area contributed by atoms with Crippen molar-refractivity contribution in [2.24, 2.45) is 0 Å². The van der Waals surface area contributed by atoms with E-state index in [1.807, 2.05) is 18.2 Å². The van der Waals surface area contributed by atoms with Crippen LogP contribution in [0.5, 0.6) is 0 Å². The van der Waals surface area contributed by atoms with Crippen LogP contribution in [-0.2, 0) is 0 Å². The Morgan fingerprint density at radius 3 is 2.57 bits per heavy atom. The molecule has 8 heteroatoms. The van der Waals surface area contributed by atoms with Crippen molar-refractivity contribution in [2.45, 2.75) is 0 Å². The number of para-hydroxylation sites is 1. The molecule has 1 N–H and O–H groups in total. The average Bonchev–Trinajstić information content (AvgIpc) is 3.01. The largest absolute Gasteiger partial charge is 0.348 e. The number of fused-ring (bicyclic) bond motifs is 3. The van der Waals surface area contributed by atoms with E-state index in [9.17, 15) is 14.9 Å². The molecule has 0 saturated carbocycles. The van der Waals surface area contributed by atoms with Crippen molar-refractivity contribution < 1.29 is 4.92 Å². The van der Waals surface area contributed by atoms with E-state index < -0.39 is 4.92 Å². The van der Waals surface area contributed by atoms with Gasteiger partial charge in [-0.3, -0.25) is 10.1 Å². The third-order valence-corrected chi connectivity index (χ3v) is 3.55. The van der Waals surface area contributed by atoms with Gasteiger partial charge in [0, 0.05) is 23.1 Å². The molecule has 2 aromatic carbocycles. The highest BCUT2D eigenvalue weighted by Gasteiger charge is 2.13. The zero-order valence-electron chi connectivity index (χ0n) is 11.6. The summed E-state index contributed by atoms with van der Waals surface area (Å²) in [5.41, 5.74) is 1.31. The van der Waals surface area contributed by atoms with Gasteiger partial charge in [0.2, 0.25) is 0 Å². The van der Waals surface area contributed by atoms with Crippen LogP contribution in [0.2, 0.25) is 0 Å². The number of rotatable bonds is 2. The number of nitro groups is 1. The molecule has 0 fully saturated rings. The third-order valence-electron chi connectivity index (χ3n) is 3.55. The van der Waals surface area contributed by atoms with Gasteiger partial charge in [0.25, 0.3) is 5.69 Å². The summed E-state index contributed by atoms with van der Waals surface area (Å²) in [6.45, 7) is 0. The van der Waals surface area contributed by atoms with Gasteiger partial charge in [-0.1, -0.05) is 12.1 Å². The highest BCUT2D eigenvalue weighted by atomic mass is 16.6. The predicted octanol–water partition coefficient (Wildman–Crippen LogP) is 2.15. The Bertz CT molecular complexity index is 1110. The first-order valence-electron chi connectivity index (χ1n) is 6.76. The quantitative estimate of drug-likeness (QED) is 0.451.